The molecule has 4 nitrogen and oxygen atoms in total. The lowest BCUT2D eigenvalue weighted by molar-refractivity contribution is 0.0845. The topological polar surface area (TPSA) is 46.6 Å². The van der Waals surface area contributed by atoms with Crippen LogP contribution in [-0.2, 0) is 23.0 Å². The SMILES string of the molecule is CN(Cc1ccccc1Cl)S(=O)(=O)c1ccc2c(c1)CCC(C)(C)O2. The summed E-state index contributed by atoms with van der Waals surface area (Å²) < 4.78 is 33.1. The fraction of sp³-hybridized carbons (Fsp3) is 0.368. The highest BCUT2D eigenvalue weighted by Crippen LogP contribution is 2.35. The summed E-state index contributed by atoms with van der Waals surface area (Å²) in [6, 6.07) is 12.4. The quantitative estimate of drug-likeness (QED) is 0.797. The molecule has 0 atom stereocenters. The fourth-order valence-electron chi connectivity index (χ4n) is 2.93. The van der Waals surface area contributed by atoms with E-state index in [1.54, 1.807) is 31.3 Å². The molecule has 6 heteroatoms. The van der Waals surface area contributed by atoms with Crippen LogP contribution in [0.3, 0.4) is 0 Å². The Hall–Kier alpha value is -1.56. The average molecular weight is 380 g/mol. The van der Waals surface area contributed by atoms with Gasteiger partial charge in [0.25, 0.3) is 0 Å². The third-order valence-corrected chi connectivity index (χ3v) is 6.64. The van der Waals surface area contributed by atoms with Crippen LogP contribution in [0.2, 0.25) is 5.02 Å². The molecule has 0 fully saturated rings. The van der Waals surface area contributed by atoms with E-state index in [-0.39, 0.29) is 17.0 Å². The van der Waals surface area contributed by atoms with Crippen LogP contribution < -0.4 is 4.74 Å². The van der Waals surface area contributed by atoms with E-state index in [2.05, 4.69) is 0 Å². The summed E-state index contributed by atoms with van der Waals surface area (Å²) in [5.41, 5.74) is 1.50. The summed E-state index contributed by atoms with van der Waals surface area (Å²) in [6.45, 7) is 4.30. The molecule has 2 aromatic rings. The van der Waals surface area contributed by atoms with Crippen LogP contribution in [0.25, 0.3) is 0 Å². The molecule has 0 aliphatic carbocycles. The van der Waals surface area contributed by atoms with Crippen molar-refractivity contribution in [1.29, 1.82) is 0 Å². The third-order valence-electron chi connectivity index (χ3n) is 4.47. The Morgan fingerprint density at radius 1 is 1.20 bits per heavy atom. The fourth-order valence-corrected chi connectivity index (χ4v) is 4.32. The number of benzene rings is 2. The number of ether oxygens (including phenoxy) is 1. The molecule has 25 heavy (non-hydrogen) atoms. The Morgan fingerprint density at radius 2 is 1.92 bits per heavy atom. The first-order valence-electron chi connectivity index (χ1n) is 8.21. The molecule has 0 saturated carbocycles. The number of fused-ring (bicyclic) bond motifs is 1. The lowest BCUT2D eigenvalue weighted by Gasteiger charge is -2.32. The molecular formula is C19H22ClNO3S. The van der Waals surface area contributed by atoms with Gasteiger partial charge in [0.05, 0.1) is 4.90 Å². The monoisotopic (exact) mass is 379 g/mol. The number of aryl methyl sites for hydroxylation is 1. The number of rotatable bonds is 4. The highest BCUT2D eigenvalue weighted by atomic mass is 35.5. The molecule has 1 aliphatic rings. The summed E-state index contributed by atoms with van der Waals surface area (Å²) in [5.74, 6) is 0.768. The van der Waals surface area contributed by atoms with Gasteiger partial charge in [-0.3, -0.25) is 0 Å². The maximum Gasteiger partial charge on any atom is 0.243 e. The van der Waals surface area contributed by atoms with Gasteiger partial charge in [-0.05, 0) is 62.1 Å². The van der Waals surface area contributed by atoms with E-state index in [0.717, 1.165) is 29.7 Å². The summed E-state index contributed by atoms with van der Waals surface area (Å²) in [7, 11) is -2.03. The van der Waals surface area contributed by atoms with Crippen molar-refractivity contribution in [3.05, 3.63) is 58.6 Å². The number of sulfonamides is 1. The maximum atomic E-state index is 12.9. The lowest BCUT2D eigenvalue weighted by Crippen LogP contribution is -2.33. The second-order valence-corrected chi connectivity index (χ2v) is 9.44. The molecule has 0 spiro atoms. The Kier molecular flexibility index (Phi) is 4.84. The van der Waals surface area contributed by atoms with Crippen LogP contribution in [0.1, 0.15) is 31.4 Å². The molecule has 0 N–H and O–H groups in total. The minimum absolute atomic E-state index is 0.214. The third kappa shape index (κ3) is 3.84. The Labute approximate surface area is 154 Å². The maximum absolute atomic E-state index is 12.9. The van der Waals surface area contributed by atoms with Crippen LogP contribution >= 0.6 is 11.6 Å². The zero-order valence-electron chi connectivity index (χ0n) is 14.6. The minimum Gasteiger partial charge on any atom is -0.488 e. The van der Waals surface area contributed by atoms with Gasteiger partial charge in [-0.1, -0.05) is 29.8 Å². The number of hydrogen-bond donors (Lipinski definition) is 0. The highest BCUT2D eigenvalue weighted by molar-refractivity contribution is 7.89. The van der Waals surface area contributed by atoms with Crippen molar-refractivity contribution < 1.29 is 13.2 Å². The van der Waals surface area contributed by atoms with Crippen molar-refractivity contribution in [3.63, 3.8) is 0 Å². The molecule has 1 aliphatic heterocycles. The second-order valence-electron chi connectivity index (χ2n) is 6.98. The molecule has 1 heterocycles. The molecule has 0 amide bonds. The Morgan fingerprint density at radius 3 is 2.64 bits per heavy atom. The van der Waals surface area contributed by atoms with Crippen LogP contribution in [0.4, 0.5) is 0 Å². The average Bonchev–Trinajstić information content (AvgIpc) is 2.55. The van der Waals surface area contributed by atoms with Crippen LogP contribution in [0.5, 0.6) is 5.75 Å². The number of halogens is 1. The van der Waals surface area contributed by atoms with Crippen molar-refractivity contribution >= 4 is 21.6 Å². The number of nitrogens with zero attached hydrogens (tertiary/aromatic N) is 1. The molecule has 0 radical (unpaired) electrons. The zero-order valence-corrected chi connectivity index (χ0v) is 16.2. The van der Waals surface area contributed by atoms with Gasteiger partial charge in [-0.2, -0.15) is 4.31 Å². The van der Waals surface area contributed by atoms with E-state index in [0.29, 0.717) is 5.02 Å². The van der Waals surface area contributed by atoms with E-state index in [1.807, 2.05) is 32.0 Å². The lowest BCUT2D eigenvalue weighted by atomic mass is 9.94. The molecule has 2 aromatic carbocycles. The van der Waals surface area contributed by atoms with E-state index in [9.17, 15) is 8.42 Å². The molecule has 0 aromatic heterocycles. The molecule has 134 valence electrons. The van der Waals surface area contributed by atoms with Crippen LogP contribution in [-0.4, -0.2) is 25.4 Å². The van der Waals surface area contributed by atoms with Gasteiger partial charge in [0.15, 0.2) is 0 Å². The Bertz CT molecular complexity index is 893. The smallest absolute Gasteiger partial charge is 0.243 e. The van der Waals surface area contributed by atoms with Gasteiger partial charge >= 0.3 is 0 Å². The van der Waals surface area contributed by atoms with Gasteiger partial charge in [-0.25, -0.2) is 8.42 Å². The molecular weight excluding hydrogens is 358 g/mol. The first-order chi connectivity index (χ1) is 11.7. The summed E-state index contributed by atoms with van der Waals surface area (Å²) in [5, 5.41) is 0.561. The molecule has 0 saturated heterocycles. The van der Waals surface area contributed by atoms with Gasteiger partial charge in [0, 0.05) is 18.6 Å². The Balaban J connectivity index is 1.86. The van der Waals surface area contributed by atoms with Crippen molar-refractivity contribution in [1.82, 2.24) is 4.31 Å². The first kappa shape index (κ1) is 18.2. The van der Waals surface area contributed by atoms with E-state index >= 15 is 0 Å². The first-order valence-corrected chi connectivity index (χ1v) is 10.0. The normalized spacial score (nSPS) is 16.4. The van der Waals surface area contributed by atoms with Crippen molar-refractivity contribution in [2.45, 2.75) is 43.7 Å². The van der Waals surface area contributed by atoms with Crippen LogP contribution in [0, 0.1) is 0 Å². The highest BCUT2D eigenvalue weighted by Gasteiger charge is 2.29. The van der Waals surface area contributed by atoms with Crippen molar-refractivity contribution in [2.24, 2.45) is 0 Å². The van der Waals surface area contributed by atoms with Crippen molar-refractivity contribution in [2.75, 3.05) is 7.05 Å². The van der Waals surface area contributed by atoms with E-state index < -0.39 is 10.0 Å². The predicted octanol–water partition coefficient (Wildman–Crippen LogP) is 4.26. The largest absolute Gasteiger partial charge is 0.488 e. The zero-order chi connectivity index (χ0) is 18.2. The standard InChI is InChI=1S/C19H22ClNO3S/c1-19(2)11-10-14-12-16(8-9-18(14)24-19)25(22,23)21(3)13-15-6-4-5-7-17(15)20/h4-9,12H,10-11,13H2,1-3H3. The number of hydrogen-bond acceptors (Lipinski definition) is 3. The molecule has 3 rings (SSSR count). The molecule has 0 bridgehead atoms. The second kappa shape index (κ2) is 6.63. The van der Waals surface area contributed by atoms with Crippen molar-refractivity contribution in [3.8, 4) is 5.75 Å². The minimum atomic E-state index is -3.60. The van der Waals surface area contributed by atoms with Gasteiger partial charge in [0.1, 0.15) is 11.4 Å². The van der Waals surface area contributed by atoms with Gasteiger partial charge < -0.3 is 4.74 Å². The molecule has 0 unspecified atom stereocenters. The van der Waals surface area contributed by atoms with Crippen LogP contribution in [0.15, 0.2) is 47.4 Å². The predicted molar refractivity (Wildman–Crippen MR) is 99.6 cm³/mol. The summed E-state index contributed by atoms with van der Waals surface area (Å²) in [6.07, 6.45) is 1.67. The van der Waals surface area contributed by atoms with E-state index in [1.165, 1.54) is 4.31 Å². The summed E-state index contributed by atoms with van der Waals surface area (Å²) in [4.78, 5) is 0.282. The van der Waals surface area contributed by atoms with Gasteiger partial charge in [-0.15, -0.1) is 0 Å². The summed E-state index contributed by atoms with van der Waals surface area (Å²) >= 11 is 6.15. The van der Waals surface area contributed by atoms with Gasteiger partial charge in [0.2, 0.25) is 10.0 Å². The van der Waals surface area contributed by atoms with E-state index in [4.69, 9.17) is 16.3 Å².